The molecule has 0 fully saturated rings. The Kier molecular flexibility index (Phi) is 7.02. The van der Waals surface area contributed by atoms with Gasteiger partial charge in [0.05, 0.1) is 0 Å². The molecule has 0 spiro atoms. The number of amides is 2. The van der Waals surface area contributed by atoms with Gasteiger partial charge < -0.3 is 15.3 Å². The third-order valence-electron chi connectivity index (χ3n) is 3.36. The summed E-state index contributed by atoms with van der Waals surface area (Å²) in [5, 5.41) is 8.74. The first-order chi connectivity index (χ1) is 11.2. The van der Waals surface area contributed by atoms with Gasteiger partial charge in [-0.15, -0.1) is 0 Å². The highest BCUT2D eigenvalue weighted by Gasteiger charge is 2.28. The van der Waals surface area contributed by atoms with E-state index < -0.39 is 18.8 Å². The summed E-state index contributed by atoms with van der Waals surface area (Å²) in [4.78, 5) is 23.4. The van der Waals surface area contributed by atoms with E-state index in [1.165, 1.54) is 23.1 Å². The normalized spacial score (nSPS) is 13.5. The van der Waals surface area contributed by atoms with Crippen molar-refractivity contribution in [1.82, 2.24) is 15.1 Å². The lowest BCUT2D eigenvalue weighted by atomic mass is 10.1. The third-order valence-corrected chi connectivity index (χ3v) is 3.36. The van der Waals surface area contributed by atoms with Crippen LogP contribution in [0.3, 0.4) is 0 Å². The second-order valence-corrected chi connectivity index (χ2v) is 5.51. The number of fused-ring (bicyclic) bond motifs is 1. The summed E-state index contributed by atoms with van der Waals surface area (Å²) in [5.74, 6) is 0. The van der Waals surface area contributed by atoms with E-state index in [9.17, 15) is 18.0 Å². The van der Waals surface area contributed by atoms with Crippen molar-refractivity contribution in [3.63, 3.8) is 0 Å². The van der Waals surface area contributed by atoms with Crippen LogP contribution in [-0.4, -0.2) is 54.2 Å². The SMILES string of the molecule is CN1Cc2ccc(CN(C)C(=O)NCC(F)(F)F)cc2C1.O=CO. The molecule has 0 saturated heterocycles. The predicted molar refractivity (Wildman–Crippen MR) is 81.2 cm³/mol. The Morgan fingerprint density at radius 3 is 2.54 bits per heavy atom. The van der Waals surface area contributed by atoms with E-state index in [-0.39, 0.29) is 13.0 Å². The summed E-state index contributed by atoms with van der Waals surface area (Å²) < 4.78 is 36.2. The minimum absolute atomic E-state index is 0.250. The number of urea groups is 1. The van der Waals surface area contributed by atoms with Crippen LogP contribution >= 0.6 is 0 Å². The van der Waals surface area contributed by atoms with Gasteiger partial charge in [0.15, 0.2) is 0 Å². The molecule has 134 valence electrons. The topological polar surface area (TPSA) is 72.9 Å². The largest absolute Gasteiger partial charge is 0.483 e. The second kappa shape index (κ2) is 8.53. The number of rotatable bonds is 3. The smallest absolute Gasteiger partial charge is 0.405 e. The summed E-state index contributed by atoms with van der Waals surface area (Å²) in [5.41, 5.74) is 3.37. The molecule has 1 aliphatic rings. The molecule has 1 heterocycles. The number of hydrogen-bond donors (Lipinski definition) is 2. The van der Waals surface area contributed by atoms with Gasteiger partial charge in [0.25, 0.3) is 6.47 Å². The number of alkyl halides is 3. The summed E-state index contributed by atoms with van der Waals surface area (Å²) in [6, 6.07) is 5.19. The lowest BCUT2D eigenvalue weighted by Crippen LogP contribution is -2.41. The van der Waals surface area contributed by atoms with Crippen molar-refractivity contribution >= 4 is 12.5 Å². The molecule has 0 saturated carbocycles. The molecule has 0 radical (unpaired) electrons. The van der Waals surface area contributed by atoms with Crippen molar-refractivity contribution in [2.75, 3.05) is 20.6 Å². The van der Waals surface area contributed by atoms with Crippen LogP contribution in [0, 0.1) is 0 Å². The highest BCUT2D eigenvalue weighted by molar-refractivity contribution is 5.73. The standard InChI is InChI=1S/C14H18F3N3O.CH2O2/c1-19-7-11-4-3-10(5-12(11)8-19)6-20(2)13(21)18-9-14(15,16)17;2-1-3/h3-5H,6-9H2,1-2H3,(H,18,21);1H,(H,2,3). The molecule has 0 bridgehead atoms. The number of nitrogens with one attached hydrogen (secondary N) is 1. The van der Waals surface area contributed by atoms with Crippen molar-refractivity contribution in [2.45, 2.75) is 25.8 Å². The molecule has 1 aromatic rings. The van der Waals surface area contributed by atoms with Crippen molar-refractivity contribution in [3.05, 3.63) is 34.9 Å². The zero-order valence-corrected chi connectivity index (χ0v) is 13.4. The molecule has 0 aromatic heterocycles. The van der Waals surface area contributed by atoms with Gasteiger partial charge in [0, 0.05) is 26.7 Å². The van der Waals surface area contributed by atoms with E-state index in [2.05, 4.69) is 4.90 Å². The first-order valence-electron chi connectivity index (χ1n) is 7.09. The first kappa shape index (κ1) is 19.8. The van der Waals surface area contributed by atoms with Crippen LogP contribution < -0.4 is 5.32 Å². The molecule has 24 heavy (non-hydrogen) atoms. The third kappa shape index (κ3) is 6.45. The van der Waals surface area contributed by atoms with Crippen LogP contribution in [0.1, 0.15) is 16.7 Å². The molecule has 2 amide bonds. The quantitative estimate of drug-likeness (QED) is 0.821. The maximum atomic E-state index is 12.1. The lowest BCUT2D eigenvalue weighted by molar-refractivity contribution is -0.123. The number of halogens is 3. The molecule has 0 unspecified atom stereocenters. The van der Waals surface area contributed by atoms with Gasteiger partial charge in [-0.25, -0.2) is 4.79 Å². The molecular weight excluding hydrogens is 327 g/mol. The fourth-order valence-electron chi connectivity index (χ4n) is 2.37. The fourth-order valence-corrected chi connectivity index (χ4v) is 2.37. The van der Waals surface area contributed by atoms with Crippen molar-refractivity contribution in [1.29, 1.82) is 0 Å². The Balaban J connectivity index is 0.000000891. The van der Waals surface area contributed by atoms with Gasteiger partial charge >= 0.3 is 12.2 Å². The van der Waals surface area contributed by atoms with Gasteiger partial charge in [0.2, 0.25) is 0 Å². The lowest BCUT2D eigenvalue weighted by Gasteiger charge is -2.19. The monoisotopic (exact) mass is 347 g/mol. The number of carboxylic acid groups (broad SMARTS) is 1. The average Bonchev–Trinajstić information content (AvgIpc) is 2.84. The number of hydrogen-bond acceptors (Lipinski definition) is 3. The molecule has 0 aliphatic carbocycles. The summed E-state index contributed by atoms with van der Waals surface area (Å²) in [6.45, 7) is 0.469. The van der Waals surface area contributed by atoms with E-state index in [1.54, 1.807) is 0 Å². The van der Waals surface area contributed by atoms with Crippen LogP contribution in [0.5, 0.6) is 0 Å². The van der Waals surface area contributed by atoms with Gasteiger partial charge in [0.1, 0.15) is 6.54 Å². The number of nitrogens with zero attached hydrogens (tertiary/aromatic N) is 2. The van der Waals surface area contributed by atoms with Crippen LogP contribution in [0.15, 0.2) is 18.2 Å². The maximum Gasteiger partial charge on any atom is 0.405 e. The second-order valence-electron chi connectivity index (χ2n) is 5.51. The van der Waals surface area contributed by atoms with E-state index >= 15 is 0 Å². The zero-order valence-electron chi connectivity index (χ0n) is 13.4. The van der Waals surface area contributed by atoms with Gasteiger partial charge in [-0.05, 0) is 23.7 Å². The molecule has 2 N–H and O–H groups in total. The van der Waals surface area contributed by atoms with Crippen LogP contribution in [0.25, 0.3) is 0 Å². The highest BCUT2D eigenvalue weighted by Crippen LogP contribution is 2.22. The first-order valence-corrected chi connectivity index (χ1v) is 7.09. The maximum absolute atomic E-state index is 12.1. The fraction of sp³-hybridized carbons (Fsp3) is 0.467. The Morgan fingerprint density at radius 2 is 1.96 bits per heavy atom. The highest BCUT2D eigenvalue weighted by atomic mass is 19.4. The molecule has 2 rings (SSSR count). The van der Waals surface area contributed by atoms with Crippen molar-refractivity contribution < 1.29 is 27.9 Å². The molecule has 6 nitrogen and oxygen atoms in total. The molecule has 1 aliphatic heterocycles. The van der Waals surface area contributed by atoms with Crippen LogP contribution in [0.4, 0.5) is 18.0 Å². The number of carbonyl (C=O) groups excluding carboxylic acids is 1. The number of benzene rings is 1. The van der Waals surface area contributed by atoms with Gasteiger partial charge in [-0.2, -0.15) is 13.2 Å². The van der Waals surface area contributed by atoms with Crippen molar-refractivity contribution in [2.24, 2.45) is 0 Å². The summed E-state index contributed by atoms with van der Waals surface area (Å²) >= 11 is 0. The predicted octanol–water partition coefficient (Wildman–Crippen LogP) is 2.04. The molecular formula is C15H20F3N3O3. The van der Waals surface area contributed by atoms with E-state index in [0.717, 1.165) is 18.7 Å². The molecule has 1 aromatic carbocycles. The van der Waals surface area contributed by atoms with Crippen molar-refractivity contribution in [3.8, 4) is 0 Å². The van der Waals surface area contributed by atoms with E-state index in [4.69, 9.17) is 9.90 Å². The Labute approximate surface area is 137 Å². The molecule has 0 atom stereocenters. The van der Waals surface area contributed by atoms with E-state index in [0.29, 0.717) is 0 Å². The molecule has 9 heteroatoms. The zero-order chi connectivity index (χ0) is 18.3. The van der Waals surface area contributed by atoms with Crippen LogP contribution in [0.2, 0.25) is 0 Å². The summed E-state index contributed by atoms with van der Waals surface area (Å²) in [7, 11) is 3.50. The van der Waals surface area contributed by atoms with Gasteiger partial charge in [-0.1, -0.05) is 18.2 Å². The summed E-state index contributed by atoms with van der Waals surface area (Å²) in [6.07, 6.45) is -4.39. The Morgan fingerprint density at radius 1 is 1.38 bits per heavy atom. The number of carbonyl (C=O) groups is 2. The van der Waals surface area contributed by atoms with Crippen LogP contribution in [-0.2, 0) is 24.4 Å². The Bertz CT molecular complexity index is 579. The minimum atomic E-state index is -4.39. The van der Waals surface area contributed by atoms with E-state index in [1.807, 2.05) is 30.6 Å². The minimum Gasteiger partial charge on any atom is -0.483 e. The average molecular weight is 347 g/mol. The Hall–Kier alpha value is -2.29. The van der Waals surface area contributed by atoms with Gasteiger partial charge in [-0.3, -0.25) is 9.69 Å².